The minimum atomic E-state index is -0.952. The molecular formula is C14H19NO5. The summed E-state index contributed by atoms with van der Waals surface area (Å²) in [5, 5.41) is 0.470. The molecular weight excluding hydrogens is 262 g/mol. The first-order chi connectivity index (χ1) is 9.33. The van der Waals surface area contributed by atoms with Crippen molar-refractivity contribution in [1.29, 1.82) is 0 Å². The van der Waals surface area contributed by atoms with Crippen LogP contribution in [-0.4, -0.2) is 29.5 Å². The van der Waals surface area contributed by atoms with Crippen LogP contribution in [0.5, 0.6) is 5.75 Å². The number of rotatable bonds is 3. The van der Waals surface area contributed by atoms with E-state index < -0.39 is 17.8 Å². The maximum Gasteiger partial charge on any atom is 0.449 e. The second-order valence-corrected chi connectivity index (χ2v) is 4.87. The molecule has 6 heteroatoms. The summed E-state index contributed by atoms with van der Waals surface area (Å²) in [5.74, 6) is 0.311. The zero-order valence-corrected chi connectivity index (χ0v) is 12.1. The second-order valence-electron chi connectivity index (χ2n) is 4.87. The molecule has 0 heterocycles. The zero-order chi connectivity index (χ0) is 15.2. The molecule has 0 aliphatic rings. The summed E-state index contributed by atoms with van der Waals surface area (Å²) in [7, 11) is 0. The molecule has 0 aliphatic carbocycles. The molecule has 0 radical (unpaired) electrons. The lowest BCUT2D eigenvalue weighted by molar-refractivity contribution is -0.118. The van der Waals surface area contributed by atoms with Crippen LogP contribution in [0.2, 0.25) is 0 Å². The molecule has 0 bridgehead atoms. The van der Waals surface area contributed by atoms with Crippen LogP contribution in [0.15, 0.2) is 30.3 Å². The predicted molar refractivity (Wildman–Crippen MR) is 72.2 cm³/mol. The normalized spacial score (nSPS) is 10.8. The van der Waals surface area contributed by atoms with Gasteiger partial charge in [-0.1, -0.05) is 23.3 Å². The van der Waals surface area contributed by atoms with Gasteiger partial charge < -0.3 is 9.47 Å². The minimum absolute atomic E-state index is 0.128. The zero-order valence-electron chi connectivity index (χ0n) is 12.1. The molecule has 1 aromatic rings. The summed E-state index contributed by atoms with van der Waals surface area (Å²) in [6.45, 7) is 6.85. The monoisotopic (exact) mass is 281 g/mol. The molecule has 0 unspecified atom stereocenters. The maximum absolute atomic E-state index is 11.9. The van der Waals surface area contributed by atoms with E-state index in [4.69, 9.17) is 14.3 Å². The van der Waals surface area contributed by atoms with Gasteiger partial charge in [-0.15, -0.1) is 0 Å². The van der Waals surface area contributed by atoms with Crippen LogP contribution >= 0.6 is 0 Å². The Hall–Kier alpha value is -2.08. The van der Waals surface area contributed by atoms with Crippen molar-refractivity contribution in [3.63, 3.8) is 0 Å². The van der Waals surface area contributed by atoms with Crippen molar-refractivity contribution >= 4 is 12.2 Å². The number of hydrogen-bond acceptors (Lipinski definition) is 5. The van der Waals surface area contributed by atoms with Crippen molar-refractivity contribution in [2.75, 3.05) is 6.61 Å². The lowest BCUT2D eigenvalue weighted by Crippen LogP contribution is -2.42. The number of benzene rings is 1. The SMILES string of the molecule is CCON(C(=O)Oc1ccccc1)C(=O)OC(C)(C)C. The van der Waals surface area contributed by atoms with E-state index in [-0.39, 0.29) is 6.61 Å². The fraction of sp³-hybridized carbons (Fsp3) is 0.429. The van der Waals surface area contributed by atoms with Crippen LogP contribution in [0.4, 0.5) is 9.59 Å². The third-order valence-corrected chi connectivity index (χ3v) is 1.93. The molecule has 20 heavy (non-hydrogen) atoms. The number of nitrogens with zero attached hydrogens (tertiary/aromatic N) is 1. The highest BCUT2D eigenvalue weighted by molar-refractivity contribution is 5.87. The molecule has 2 amide bonds. The Morgan fingerprint density at radius 3 is 2.20 bits per heavy atom. The molecule has 1 aromatic carbocycles. The molecule has 1 rings (SSSR count). The molecule has 0 saturated heterocycles. The molecule has 0 fully saturated rings. The number of carbonyl (C=O) groups excluding carboxylic acids is 2. The average Bonchev–Trinajstić information content (AvgIpc) is 2.34. The molecule has 0 atom stereocenters. The van der Waals surface area contributed by atoms with Gasteiger partial charge in [0.05, 0.1) is 6.61 Å². The van der Waals surface area contributed by atoms with Crippen molar-refractivity contribution in [2.45, 2.75) is 33.3 Å². The van der Waals surface area contributed by atoms with E-state index in [0.29, 0.717) is 10.8 Å². The Morgan fingerprint density at radius 1 is 1.10 bits per heavy atom. The maximum atomic E-state index is 11.9. The Morgan fingerprint density at radius 2 is 1.70 bits per heavy atom. The van der Waals surface area contributed by atoms with Gasteiger partial charge in [-0.2, -0.15) is 0 Å². The Bertz CT molecular complexity index is 452. The van der Waals surface area contributed by atoms with E-state index in [1.54, 1.807) is 58.0 Å². The largest absolute Gasteiger partial charge is 0.449 e. The van der Waals surface area contributed by atoms with Crippen molar-refractivity contribution in [3.05, 3.63) is 30.3 Å². The molecule has 0 N–H and O–H groups in total. The number of imide groups is 1. The standard InChI is InChI=1S/C14H19NO5/c1-5-18-15(13(17)20-14(2,3)4)12(16)19-11-9-7-6-8-10-11/h6-10H,5H2,1-4H3. The quantitative estimate of drug-likeness (QED) is 0.795. The van der Waals surface area contributed by atoms with E-state index >= 15 is 0 Å². The van der Waals surface area contributed by atoms with Crippen LogP contribution in [0.1, 0.15) is 27.7 Å². The van der Waals surface area contributed by atoms with Gasteiger partial charge in [0.15, 0.2) is 0 Å². The van der Waals surface area contributed by atoms with Crippen LogP contribution in [-0.2, 0) is 9.57 Å². The van der Waals surface area contributed by atoms with Crippen molar-refractivity contribution in [3.8, 4) is 5.75 Å². The van der Waals surface area contributed by atoms with Gasteiger partial charge in [0.2, 0.25) is 0 Å². The fourth-order valence-electron chi connectivity index (χ4n) is 1.24. The Balaban J connectivity index is 2.74. The Kier molecular flexibility index (Phi) is 5.52. The third-order valence-electron chi connectivity index (χ3n) is 1.93. The smallest absolute Gasteiger partial charge is 0.442 e. The number of ether oxygens (including phenoxy) is 2. The number of hydrogen-bond donors (Lipinski definition) is 0. The van der Waals surface area contributed by atoms with Crippen LogP contribution in [0.25, 0.3) is 0 Å². The predicted octanol–water partition coefficient (Wildman–Crippen LogP) is 3.37. The summed E-state index contributed by atoms with van der Waals surface area (Å²) in [4.78, 5) is 28.7. The average molecular weight is 281 g/mol. The molecule has 0 aliphatic heterocycles. The van der Waals surface area contributed by atoms with Gasteiger partial charge in [0.1, 0.15) is 11.4 Å². The number of para-hydroxylation sites is 1. The van der Waals surface area contributed by atoms with E-state index in [1.807, 2.05) is 0 Å². The lowest BCUT2D eigenvalue weighted by atomic mass is 10.2. The van der Waals surface area contributed by atoms with Gasteiger partial charge in [-0.25, -0.2) is 9.59 Å². The number of amides is 2. The highest BCUT2D eigenvalue weighted by Gasteiger charge is 2.30. The molecule has 0 aromatic heterocycles. The minimum Gasteiger partial charge on any atom is -0.442 e. The van der Waals surface area contributed by atoms with Gasteiger partial charge >= 0.3 is 12.2 Å². The van der Waals surface area contributed by atoms with Crippen molar-refractivity contribution in [1.82, 2.24) is 5.06 Å². The summed E-state index contributed by atoms with van der Waals surface area (Å²) in [6, 6.07) is 8.39. The highest BCUT2D eigenvalue weighted by Crippen LogP contribution is 2.14. The van der Waals surface area contributed by atoms with E-state index in [0.717, 1.165) is 0 Å². The molecule has 6 nitrogen and oxygen atoms in total. The first kappa shape index (κ1) is 16.0. The second kappa shape index (κ2) is 6.91. The van der Waals surface area contributed by atoms with E-state index in [2.05, 4.69) is 0 Å². The van der Waals surface area contributed by atoms with Gasteiger partial charge in [-0.05, 0) is 39.8 Å². The van der Waals surface area contributed by atoms with Crippen LogP contribution in [0.3, 0.4) is 0 Å². The molecule has 0 spiro atoms. The van der Waals surface area contributed by atoms with Gasteiger partial charge in [-0.3, -0.25) is 4.84 Å². The lowest BCUT2D eigenvalue weighted by Gasteiger charge is -2.24. The first-order valence-corrected chi connectivity index (χ1v) is 6.26. The number of carbonyl (C=O) groups is 2. The Labute approximate surface area is 118 Å². The van der Waals surface area contributed by atoms with Crippen molar-refractivity contribution < 1.29 is 23.9 Å². The van der Waals surface area contributed by atoms with E-state index in [1.165, 1.54) is 0 Å². The van der Waals surface area contributed by atoms with Crippen LogP contribution in [0, 0.1) is 0 Å². The third kappa shape index (κ3) is 5.27. The summed E-state index contributed by atoms with van der Waals surface area (Å²) < 4.78 is 10.1. The van der Waals surface area contributed by atoms with Crippen LogP contribution < -0.4 is 4.74 Å². The van der Waals surface area contributed by atoms with Gasteiger partial charge in [0, 0.05) is 0 Å². The first-order valence-electron chi connectivity index (χ1n) is 6.26. The molecule has 110 valence electrons. The van der Waals surface area contributed by atoms with Crippen molar-refractivity contribution in [2.24, 2.45) is 0 Å². The molecule has 0 saturated carbocycles. The summed E-state index contributed by atoms with van der Waals surface area (Å²) >= 11 is 0. The topological polar surface area (TPSA) is 65.1 Å². The summed E-state index contributed by atoms with van der Waals surface area (Å²) in [6.07, 6.45) is -1.87. The van der Waals surface area contributed by atoms with E-state index in [9.17, 15) is 9.59 Å². The highest BCUT2D eigenvalue weighted by atomic mass is 16.8. The summed E-state index contributed by atoms with van der Waals surface area (Å²) in [5.41, 5.74) is -0.737. The fourth-order valence-corrected chi connectivity index (χ4v) is 1.24. The van der Waals surface area contributed by atoms with Gasteiger partial charge in [0.25, 0.3) is 0 Å². The number of hydroxylamine groups is 2.